The zero-order chi connectivity index (χ0) is 11.5. The van der Waals surface area contributed by atoms with Crippen LogP contribution < -0.4 is 5.73 Å². The molecule has 0 spiro atoms. The second-order valence-electron chi connectivity index (χ2n) is 3.83. The first-order valence-corrected chi connectivity index (χ1v) is 5.19. The number of nitrogens with two attached hydrogens (primary N) is 1. The molecule has 2 rings (SSSR count). The molecule has 80 valence electrons. The molecule has 0 amide bonds. The molecule has 2 aromatic carbocycles. The van der Waals surface area contributed by atoms with Crippen LogP contribution in [0.5, 0.6) is 0 Å². The minimum absolute atomic E-state index is 0.108. The van der Waals surface area contributed by atoms with Gasteiger partial charge in [-0.2, -0.15) is 0 Å². The van der Waals surface area contributed by atoms with Crippen LogP contribution in [0.15, 0.2) is 48.5 Å². The summed E-state index contributed by atoms with van der Waals surface area (Å²) in [7, 11) is 0. The van der Waals surface area contributed by atoms with Gasteiger partial charge in [-0.05, 0) is 18.1 Å². The highest BCUT2D eigenvalue weighted by atomic mass is 14.7. The van der Waals surface area contributed by atoms with Crippen molar-refractivity contribution in [3.63, 3.8) is 0 Å². The molecule has 0 fully saturated rings. The van der Waals surface area contributed by atoms with Crippen LogP contribution in [0.3, 0.4) is 0 Å². The monoisotopic (exact) mass is 210 g/mol. The van der Waals surface area contributed by atoms with E-state index in [-0.39, 0.29) is 5.84 Å². The van der Waals surface area contributed by atoms with Gasteiger partial charge in [0.25, 0.3) is 0 Å². The largest absolute Gasteiger partial charge is 0.384 e. The van der Waals surface area contributed by atoms with Crippen molar-refractivity contribution in [2.75, 3.05) is 0 Å². The van der Waals surface area contributed by atoms with Gasteiger partial charge in [0.2, 0.25) is 0 Å². The zero-order valence-corrected chi connectivity index (χ0v) is 9.20. The number of hydrogen-bond acceptors (Lipinski definition) is 1. The third kappa shape index (κ3) is 1.96. The van der Waals surface area contributed by atoms with Gasteiger partial charge in [0.1, 0.15) is 5.84 Å². The second kappa shape index (κ2) is 4.19. The zero-order valence-electron chi connectivity index (χ0n) is 9.20. The first kappa shape index (κ1) is 10.4. The van der Waals surface area contributed by atoms with Crippen LogP contribution in [0, 0.1) is 12.3 Å². The maximum atomic E-state index is 7.56. The van der Waals surface area contributed by atoms with Crippen LogP contribution in [0.1, 0.15) is 11.1 Å². The molecule has 0 aliphatic carbocycles. The van der Waals surface area contributed by atoms with Crippen molar-refractivity contribution in [3.8, 4) is 11.1 Å². The highest BCUT2D eigenvalue weighted by Crippen LogP contribution is 2.23. The molecule has 0 saturated carbocycles. The molecule has 0 aliphatic rings. The molecule has 0 unspecified atom stereocenters. The average Bonchev–Trinajstić information content (AvgIpc) is 2.29. The molecule has 2 heteroatoms. The van der Waals surface area contributed by atoms with E-state index in [1.807, 2.05) is 36.4 Å². The lowest BCUT2D eigenvalue weighted by Gasteiger charge is -2.08. The fraction of sp³-hybridized carbons (Fsp3) is 0.0714. The van der Waals surface area contributed by atoms with Crippen molar-refractivity contribution < 1.29 is 0 Å². The van der Waals surface area contributed by atoms with Crippen molar-refractivity contribution in [1.29, 1.82) is 5.41 Å². The molecule has 2 aromatic rings. The molecular weight excluding hydrogens is 196 g/mol. The van der Waals surface area contributed by atoms with Gasteiger partial charge in [-0.15, -0.1) is 0 Å². The third-order valence-corrected chi connectivity index (χ3v) is 2.55. The van der Waals surface area contributed by atoms with Gasteiger partial charge in [-0.3, -0.25) is 5.41 Å². The number of benzene rings is 2. The lowest BCUT2D eigenvalue weighted by Crippen LogP contribution is -2.12. The van der Waals surface area contributed by atoms with Gasteiger partial charge >= 0.3 is 0 Å². The van der Waals surface area contributed by atoms with Gasteiger partial charge in [-0.25, -0.2) is 0 Å². The Morgan fingerprint density at radius 1 is 1.06 bits per heavy atom. The number of rotatable bonds is 2. The van der Waals surface area contributed by atoms with Crippen LogP contribution in [0.4, 0.5) is 0 Å². The maximum Gasteiger partial charge on any atom is 0.123 e. The van der Waals surface area contributed by atoms with Gasteiger partial charge < -0.3 is 5.73 Å². The Kier molecular flexibility index (Phi) is 2.73. The van der Waals surface area contributed by atoms with E-state index in [2.05, 4.69) is 19.1 Å². The summed E-state index contributed by atoms with van der Waals surface area (Å²) < 4.78 is 0. The topological polar surface area (TPSA) is 49.9 Å². The first-order chi connectivity index (χ1) is 7.68. The van der Waals surface area contributed by atoms with E-state index in [0.717, 1.165) is 16.7 Å². The van der Waals surface area contributed by atoms with Crippen LogP contribution >= 0.6 is 0 Å². The molecule has 0 saturated heterocycles. The fourth-order valence-corrected chi connectivity index (χ4v) is 1.78. The molecule has 0 heterocycles. The van der Waals surface area contributed by atoms with Crippen molar-refractivity contribution >= 4 is 5.84 Å². The summed E-state index contributed by atoms with van der Waals surface area (Å²) in [4.78, 5) is 0. The van der Waals surface area contributed by atoms with E-state index < -0.39 is 0 Å². The van der Waals surface area contributed by atoms with E-state index in [4.69, 9.17) is 11.1 Å². The molecule has 0 atom stereocenters. The summed E-state index contributed by atoms with van der Waals surface area (Å²) in [5.74, 6) is 0.108. The SMILES string of the molecule is Cc1cccc(-c2ccccc2C(=N)N)c1. The Morgan fingerprint density at radius 2 is 1.81 bits per heavy atom. The molecule has 0 aliphatic heterocycles. The van der Waals surface area contributed by atoms with Gasteiger partial charge in [-0.1, -0.05) is 54.1 Å². The summed E-state index contributed by atoms with van der Waals surface area (Å²) in [5, 5.41) is 7.56. The Balaban J connectivity index is 2.60. The van der Waals surface area contributed by atoms with E-state index in [0.29, 0.717) is 0 Å². The molecule has 0 aromatic heterocycles. The Bertz CT molecular complexity index is 530. The van der Waals surface area contributed by atoms with E-state index in [1.54, 1.807) is 0 Å². The Morgan fingerprint density at radius 3 is 2.50 bits per heavy atom. The predicted molar refractivity (Wildman–Crippen MR) is 67.6 cm³/mol. The number of nitrogen functional groups attached to an aromatic ring is 1. The first-order valence-electron chi connectivity index (χ1n) is 5.19. The van der Waals surface area contributed by atoms with Crippen molar-refractivity contribution in [1.82, 2.24) is 0 Å². The summed E-state index contributed by atoms with van der Waals surface area (Å²) in [6.07, 6.45) is 0. The van der Waals surface area contributed by atoms with Gasteiger partial charge in [0, 0.05) is 5.56 Å². The standard InChI is InChI=1S/C14H14N2/c1-10-5-4-6-11(9-10)12-7-2-3-8-13(12)14(15)16/h2-9H,1H3,(H3,15,16). The molecule has 0 bridgehead atoms. The lowest BCUT2D eigenvalue weighted by atomic mass is 9.98. The summed E-state index contributed by atoms with van der Waals surface area (Å²) in [6.45, 7) is 2.06. The summed E-state index contributed by atoms with van der Waals surface area (Å²) in [6, 6.07) is 15.9. The summed E-state index contributed by atoms with van der Waals surface area (Å²) >= 11 is 0. The number of nitrogens with one attached hydrogen (secondary N) is 1. The smallest absolute Gasteiger partial charge is 0.123 e. The second-order valence-corrected chi connectivity index (χ2v) is 3.83. The van der Waals surface area contributed by atoms with E-state index >= 15 is 0 Å². The van der Waals surface area contributed by atoms with E-state index in [9.17, 15) is 0 Å². The minimum atomic E-state index is 0.108. The molecular formula is C14H14N2. The van der Waals surface area contributed by atoms with Gasteiger partial charge in [0.15, 0.2) is 0 Å². The van der Waals surface area contributed by atoms with Crippen molar-refractivity contribution in [2.24, 2.45) is 5.73 Å². The Hall–Kier alpha value is -2.09. The van der Waals surface area contributed by atoms with E-state index in [1.165, 1.54) is 5.56 Å². The highest BCUT2D eigenvalue weighted by molar-refractivity contribution is 6.01. The van der Waals surface area contributed by atoms with Crippen LogP contribution in [0.25, 0.3) is 11.1 Å². The Labute approximate surface area is 95.2 Å². The molecule has 16 heavy (non-hydrogen) atoms. The number of aryl methyl sites for hydroxylation is 1. The maximum absolute atomic E-state index is 7.56. The summed E-state index contributed by atoms with van der Waals surface area (Å²) in [5.41, 5.74) is 9.68. The van der Waals surface area contributed by atoms with Crippen LogP contribution in [-0.4, -0.2) is 5.84 Å². The molecule has 2 nitrogen and oxygen atoms in total. The normalized spacial score (nSPS) is 10.1. The third-order valence-electron chi connectivity index (χ3n) is 2.55. The lowest BCUT2D eigenvalue weighted by molar-refractivity contribution is 1.41. The van der Waals surface area contributed by atoms with Crippen molar-refractivity contribution in [2.45, 2.75) is 6.92 Å². The average molecular weight is 210 g/mol. The van der Waals surface area contributed by atoms with Crippen LogP contribution in [-0.2, 0) is 0 Å². The van der Waals surface area contributed by atoms with Crippen molar-refractivity contribution in [3.05, 3.63) is 59.7 Å². The molecule has 0 radical (unpaired) electrons. The molecule has 3 N–H and O–H groups in total. The quantitative estimate of drug-likeness (QED) is 0.581. The number of hydrogen-bond donors (Lipinski definition) is 2. The van der Waals surface area contributed by atoms with Gasteiger partial charge in [0.05, 0.1) is 0 Å². The fourth-order valence-electron chi connectivity index (χ4n) is 1.78. The predicted octanol–water partition coefficient (Wildman–Crippen LogP) is 2.95. The number of amidine groups is 1. The minimum Gasteiger partial charge on any atom is -0.384 e. The highest BCUT2D eigenvalue weighted by Gasteiger charge is 2.06. The van der Waals surface area contributed by atoms with Crippen LogP contribution in [0.2, 0.25) is 0 Å².